The number of urea groups is 1. The topological polar surface area (TPSA) is 84.7 Å². The van der Waals surface area contributed by atoms with Crippen LogP contribution in [0.3, 0.4) is 0 Å². The van der Waals surface area contributed by atoms with Crippen molar-refractivity contribution < 1.29 is 9.53 Å². The highest BCUT2D eigenvalue weighted by molar-refractivity contribution is 5.75. The number of hydrogen-bond acceptors (Lipinski definition) is 5. The second kappa shape index (κ2) is 7.16. The lowest BCUT2D eigenvalue weighted by molar-refractivity contribution is 0.110. The van der Waals surface area contributed by atoms with Crippen LogP contribution in [0, 0.1) is 17.8 Å². The third-order valence-corrected chi connectivity index (χ3v) is 6.62. The zero-order valence-electron chi connectivity index (χ0n) is 16.1. The van der Waals surface area contributed by atoms with E-state index in [1.807, 2.05) is 15.5 Å². The van der Waals surface area contributed by atoms with Crippen molar-refractivity contribution in [1.82, 2.24) is 29.8 Å². The fraction of sp³-hybridized carbons (Fsp3) is 0.600. The molecule has 2 amide bonds. The van der Waals surface area contributed by atoms with E-state index in [-0.39, 0.29) is 18.2 Å². The number of amides is 2. The fourth-order valence-electron chi connectivity index (χ4n) is 5.04. The van der Waals surface area contributed by atoms with E-state index in [1.165, 1.54) is 19.3 Å². The highest BCUT2D eigenvalue weighted by atomic mass is 16.5. The molecule has 6 rings (SSSR count). The average molecular weight is 382 g/mol. The van der Waals surface area contributed by atoms with Crippen LogP contribution in [0.25, 0.3) is 5.65 Å². The van der Waals surface area contributed by atoms with Gasteiger partial charge in [-0.05, 0) is 37.0 Å². The van der Waals surface area contributed by atoms with Crippen LogP contribution in [0.2, 0.25) is 0 Å². The number of nitrogens with zero attached hydrogens (tertiary/aromatic N) is 5. The first kappa shape index (κ1) is 17.6. The van der Waals surface area contributed by atoms with Gasteiger partial charge in [0, 0.05) is 39.0 Å². The fourth-order valence-corrected chi connectivity index (χ4v) is 5.04. The van der Waals surface area contributed by atoms with Crippen molar-refractivity contribution in [2.45, 2.75) is 37.8 Å². The van der Waals surface area contributed by atoms with E-state index in [0.717, 1.165) is 12.4 Å². The van der Waals surface area contributed by atoms with E-state index in [1.54, 1.807) is 19.5 Å². The molecule has 2 aromatic heterocycles. The molecule has 0 radical (unpaired) electrons. The maximum Gasteiger partial charge on any atom is 0.318 e. The number of nitrogens with one attached hydrogen (secondary N) is 1. The van der Waals surface area contributed by atoms with Gasteiger partial charge in [0.25, 0.3) is 0 Å². The molecule has 2 fully saturated rings. The summed E-state index contributed by atoms with van der Waals surface area (Å²) in [5, 5.41) is 11.7. The van der Waals surface area contributed by atoms with E-state index in [2.05, 4.69) is 32.7 Å². The van der Waals surface area contributed by atoms with E-state index in [4.69, 9.17) is 4.74 Å². The molecule has 148 valence electrons. The standard InChI is InChI=1S/C20H26N6O2/c1-28-16-9-17(19-24-23-18-11-21-6-7-25(18)19)26(12-16)20(27)22-10-15-8-13-2-4-14(15)5-3-13/h2,4,6-7,11,13-17H,3,5,8-10,12H2,1H3,(H,22,27)/t13?,14?,15?,16-,17+/m1/s1. The molecule has 2 bridgehead atoms. The predicted octanol–water partition coefficient (Wildman–Crippen LogP) is 2.20. The third kappa shape index (κ3) is 3.05. The van der Waals surface area contributed by atoms with Crippen LogP contribution in [0.4, 0.5) is 4.79 Å². The molecule has 3 aliphatic carbocycles. The summed E-state index contributed by atoms with van der Waals surface area (Å²) >= 11 is 0. The van der Waals surface area contributed by atoms with Gasteiger partial charge in [0.05, 0.1) is 18.3 Å². The molecule has 0 aromatic carbocycles. The van der Waals surface area contributed by atoms with Crippen LogP contribution < -0.4 is 5.32 Å². The summed E-state index contributed by atoms with van der Waals surface area (Å²) in [6.07, 6.45) is 14.4. The summed E-state index contributed by atoms with van der Waals surface area (Å²) in [6.45, 7) is 1.29. The quantitative estimate of drug-likeness (QED) is 0.820. The lowest BCUT2D eigenvalue weighted by Crippen LogP contribution is -2.44. The molecule has 1 saturated heterocycles. The number of aromatic nitrogens is 4. The normalized spacial score (nSPS) is 31.6. The first-order valence-electron chi connectivity index (χ1n) is 10.1. The van der Waals surface area contributed by atoms with Crippen molar-refractivity contribution >= 4 is 11.7 Å². The Morgan fingerprint density at radius 2 is 2.21 bits per heavy atom. The number of likely N-dealkylation sites (tertiary alicyclic amines) is 1. The van der Waals surface area contributed by atoms with Gasteiger partial charge in [-0.15, -0.1) is 10.2 Å². The van der Waals surface area contributed by atoms with Crippen LogP contribution in [0.5, 0.6) is 0 Å². The zero-order chi connectivity index (χ0) is 19.1. The second-order valence-electron chi connectivity index (χ2n) is 8.19. The lowest BCUT2D eigenvalue weighted by Gasteiger charge is -2.38. The number of carbonyl (C=O) groups excluding carboxylic acids is 1. The molecule has 28 heavy (non-hydrogen) atoms. The van der Waals surface area contributed by atoms with E-state index < -0.39 is 0 Å². The maximum atomic E-state index is 13.1. The minimum Gasteiger partial charge on any atom is -0.380 e. The van der Waals surface area contributed by atoms with Crippen molar-refractivity contribution in [3.8, 4) is 0 Å². The van der Waals surface area contributed by atoms with Gasteiger partial charge >= 0.3 is 6.03 Å². The van der Waals surface area contributed by atoms with E-state index in [9.17, 15) is 4.79 Å². The molecule has 8 heteroatoms. The second-order valence-corrected chi connectivity index (χ2v) is 8.19. The molecular formula is C20H26N6O2. The Kier molecular flexibility index (Phi) is 4.50. The molecule has 1 aliphatic heterocycles. The highest BCUT2D eigenvalue weighted by Crippen LogP contribution is 2.40. The minimum atomic E-state index is -0.162. The average Bonchev–Trinajstić information content (AvgIpc) is 3.37. The Balaban J connectivity index is 1.32. The van der Waals surface area contributed by atoms with Gasteiger partial charge in [-0.3, -0.25) is 9.38 Å². The van der Waals surface area contributed by atoms with Gasteiger partial charge in [0.15, 0.2) is 11.5 Å². The number of methoxy groups -OCH3 is 1. The van der Waals surface area contributed by atoms with Gasteiger partial charge in [-0.1, -0.05) is 12.2 Å². The monoisotopic (exact) mass is 382 g/mol. The van der Waals surface area contributed by atoms with Gasteiger partial charge in [-0.25, -0.2) is 4.79 Å². The predicted molar refractivity (Wildman–Crippen MR) is 103 cm³/mol. The molecule has 0 spiro atoms. The molecule has 3 unspecified atom stereocenters. The van der Waals surface area contributed by atoms with Crippen LogP contribution in [-0.4, -0.2) is 56.8 Å². The Labute approximate surface area is 164 Å². The molecule has 1 saturated carbocycles. The van der Waals surface area contributed by atoms with Gasteiger partial charge in [0.2, 0.25) is 0 Å². The summed E-state index contributed by atoms with van der Waals surface area (Å²) in [6, 6.07) is -0.203. The number of ether oxygens (including phenoxy) is 1. The molecule has 3 heterocycles. The Bertz CT molecular complexity index is 896. The number of rotatable bonds is 4. The van der Waals surface area contributed by atoms with Crippen molar-refractivity contribution in [3.05, 3.63) is 36.6 Å². The summed E-state index contributed by atoms with van der Waals surface area (Å²) in [5.74, 6) is 2.61. The first-order chi connectivity index (χ1) is 13.7. The van der Waals surface area contributed by atoms with Crippen LogP contribution >= 0.6 is 0 Å². The zero-order valence-corrected chi connectivity index (χ0v) is 16.1. The number of allylic oxidation sites excluding steroid dienone is 2. The third-order valence-electron chi connectivity index (χ3n) is 6.62. The van der Waals surface area contributed by atoms with Crippen molar-refractivity contribution in [2.24, 2.45) is 17.8 Å². The van der Waals surface area contributed by atoms with Crippen molar-refractivity contribution in [2.75, 3.05) is 20.2 Å². The van der Waals surface area contributed by atoms with Crippen LogP contribution in [-0.2, 0) is 4.74 Å². The summed E-state index contributed by atoms with van der Waals surface area (Å²) in [7, 11) is 1.69. The van der Waals surface area contributed by atoms with Crippen LogP contribution in [0.15, 0.2) is 30.7 Å². The Hall–Kier alpha value is -2.48. The minimum absolute atomic E-state index is 0.00133. The van der Waals surface area contributed by atoms with Crippen molar-refractivity contribution in [3.63, 3.8) is 0 Å². The summed E-state index contributed by atoms with van der Waals surface area (Å²) in [4.78, 5) is 19.0. The number of fused-ring (bicyclic) bond motifs is 3. The summed E-state index contributed by atoms with van der Waals surface area (Å²) in [5.41, 5.74) is 0.684. The van der Waals surface area contributed by atoms with Gasteiger partial charge < -0.3 is 15.0 Å². The van der Waals surface area contributed by atoms with Gasteiger partial charge in [-0.2, -0.15) is 0 Å². The molecule has 2 aromatic rings. The number of hydrogen-bond donors (Lipinski definition) is 1. The Morgan fingerprint density at radius 3 is 2.96 bits per heavy atom. The largest absolute Gasteiger partial charge is 0.380 e. The van der Waals surface area contributed by atoms with E-state index >= 15 is 0 Å². The van der Waals surface area contributed by atoms with Crippen molar-refractivity contribution in [1.29, 1.82) is 0 Å². The SMILES string of the molecule is CO[C@@H]1C[C@@H](c2nnc3cnccn23)N(C(=O)NCC2CC3C=CC2CC3)C1. The molecule has 1 N–H and O–H groups in total. The number of carbonyl (C=O) groups is 1. The smallest absolute Gasteiger partial charge is 0.318 e. The molecule has 4 aliphatic rings. The first-order valence-corrected chi connectivity index (χ1v) is 10.1. The highest BCUT2D eigenvalue weighted by Gasteiger charge is 2.39. The molecule has 8 nitrogen and oxygen atoms in total. The lowest BCUT2D eigenvalue weighted by atomic mass is 9.69. The maximum absolute atomic E-state index is 13.1. The Morgan fingerprint density at radius 1 is 1.29 bits per heavy atom. The van der Waals surface area contributed by atoms with E-state index in [0.29, 0.717) is 36.4 Å². The molecular weight excluding hydrogens is 356 g/mol. The van der Waals surface area contributed by atoms with Gasteiger partial charge in [0.1, 0.15) is 0 Å². The summed E-state index contributed by atoms with van der Waals surface area (Å²) < 4.78 is 7.47. The van der Waals surface area contributed by atoms with Crippen LogP contribution in [0.1, 0.15) is 37.5 Å². The molecule has 5 atom stereocenters.